The molecule has 0 bridgehead atoms. The van der Waals surface area contributed by atoms with Crippen molar-refractivity contribution in [2.75, 3.05) is 13.6 Å². The first-order chi connectivity index (χ1) is 10.2. The van der Waals surface area contributed by atoms with Gasteiger partial charge in [-0.1, -0.05) is 6.07 Å². The molecular formula is C17H29N3OS. The summed E-state index contributed by atoms with van der Waals surface area (Å²) in [5.41, 5.74) is 0.116. The number of carbonyl (C=O) groups is 1. The largest absolute Gasteiger partial charge is 0.352 e. The first-order valence-electron chi connectivity index (χ1n) is 7.95. The summed E-state index contributed by atoms with van der Waals surface area (Å²) in [7, 11) is 2.00. The molecule has 0 unspecified atom stereocenters. The summed E-state index contributed by atoms with van der Waals surface area (Å²) in [6.45, 7) is 10.1. The van der Waals surface area contributed by atoms with E-state index in [0.29, 0.717) is 6.54 Å². The van der Waals surface area contributed by atoms with E-state index in [2.05, 4.69) is 54.7 Å². The third kappa shape index (κ3) is 5.38. The maximum Gasteiger partial charge on any atom is 0.234 e. The van der Waals surface area contributed by atoms with Gasteiger partial charge < -0.3 is 10.6 Å². The Morgan fingerprint density at radius 1 is 1.36 bits per heavy atom. The van der Waals surface area contributed by atoms with E-state index in [-0.39, 0.29) is 23.0 Å². The lowest BCUT2D eigenvalue weighted by molar-refractivity contribution is -0.123. The zero-order valence-electron chi connectivity index (χ0n) is 14.4. The lowest BCUT2D eigenvalue weighted by Gasteiger charge is -2.46. The number of thiophene rings is 1. The van der Waals surface area contributed by atoms with Crippen LogP contribution in [-0.2, 0) is 11.3 Å². The Hall–Kier alpha value is -0.910. The summed E-state index contributed by atoms with van der Waals surface area (Å²) in [6, 6.07) is 4.40. The molecule has 0 saturated carbocycles. The van der Waals surface area contributed by atoms with Gasteiger partial charge in [-0.2, -0.15) is 0 Å². The Kier molecular flexibility index (Phi) is 5.30. The molecule has 124 valence electrons. The molecule has 0 aliphatic carbocycles. The van der Waals surface area contributed by atoms with Crippen LogP contribution in [0.3, 0.4) is 0 Å². The fraction of sp³-hybridized carbons (Fsp3) is 0.706. The van der Waals surface area contributed by atoms with Gasteiger partial charge in [-0.3, -0.25) is 9.69 Å². The van der Waals surface area contributed by atoms with Crippen LogP contribution in [0.1, 0.15) is 45.4 Å². The highest BCUT2D eigenvalue weighted by atomic mass is 32.1. The van der Waals surface area contributed by atoms with E-state index in [1.807, 2.05) is 13.1 Å². The number of carbonyl (C=O) groups excluding carboxylic acids is 1. The first kappa shape index (κ1) is 17.4. The van der Waals surface area contributed by atoms with Crippen molar-refractivity contribution < 1.29 is 4.79 Å². The van der Waals surface area contributed by atoms with Crippen LogP contribution in [0.15, 0.2) is 17.5 Å². The lowest BCUT2D eigenvalue weighted by Crippen LogP contribution is -2.62. The zero-order valence-corrected chi connectivity index (χ0v) is 15.2. The maximum absolute atomic E-state index is 12.3. The van der Waals surface area contributed by atoms with Crippen LogP contribution >= 0.6 is 11.3 Å². The molecular weight excluding hydrogens is 294 g/mol. The summed E-state index contributed by atoms with van der Waals surface area (Å²) in [5.74, 6) is 0.123. The Bertz CT molecular complexity index is 480. The number of nitrogens with one attached hydrogen (secondary N) is 2. The molecule has 0 aromatic carbocycles. The molecule has 1 fully saturated rings. The van der Waals surface area contributed by atoms with Gasteiger partial charge in [0.05, 0.1) is 6.54 Å². The van der Waals surface area contributed by atoms with Crippen molar-refractivity contribution in [1.82, 2.24) is 15.5 Å². The lowest BCUT2D eigenvalue weighted by atomic mass is 9.79. The van der Waals surface area contributed by atoms with Crippen molar-refractivity contribution in [2.45, 2.75) is 64.2 Å². The molecule has 0 spiro atoms. The van der Waals surface area contributed by atoms with E-state index in [0.717, 1.165) is 19.4 Å². The number of amides is 1. The van der Waals surface area contributed by atoms with E-state index >= 15 is 0 Å². The Balaban J connectivity index is 1.83. The van der Waals surface area contributed by atoms with Gasteiger partial charge in [0.15, 0.2) is 0 Å². The van der Waals surface area contributed by atoms with Gasteiger partial charge in [0.25, 0.3) is 0 Å². The van der Waals surface area contributed by atoms with Gasteiger partial charge in [-0.05, 0) is 59.0 Å². The summed E-state index contributed by atoms with van der Waals surface area (Å²) < 4.78 is 0. The minimum atomic E-state index is 0.0581. The minimum absolute atomic E-state index is 0.0581. The second-order valence-corrected chi connectivity index (χ2v) is 8.85. The summed E-state index contributed by atoms with van der Waals surface area (Å²) in [4.78, 5) is 15.7. The molecule has 22 heavy (non-hydrogen) atoms. The topological polar surface area (TPSA) is 44.4 Å². The summed E-state index contributed by atoms with van der Waals surface area (Å²) in [6.07, 6.45) is 1.94. The minimum Gasteiger partial charge on any atom is -0.352 e. The number of hydrogen-bond donors (Lipinski definition) is 2. The van der Waals surface area contributed by atoms with E-state index < -0.39 is 0 Å². The van der Waals surface area contributed by atoms with Gasteiger partial charge in [0.2, 0.25) is 5.91 Å². The van der Waals surface area contributed by atoms with Crippen molar-refractivity contribution in [2.24, 2.45) is 0 Å². The van der Waals surface area contributed by atoms with E-state index in [4.69, 9.17) is 0 Å². The van der Waals surface area contributed by atoms with Crippen molar-refractivity contribution in [3.63, 3.8) is 0 Å². The van der Waals surface area contributed by atoms with Gasteiger partial charge in [0, 0.05) is 28.5 Å². The molecule has 1 aliphatic rings. The number of nitrogens with zero attached hydrogens (tertiary/aromatic N) is 1. The predicted molar refractivity (Wildman–Crippen MR) is 93.1 cm³/mol. The average Bonchev–Trinajstić information content (AvgIpc) is 2.75. The molecule has 0 atom stereocenters. The summed E-state index contributed by atoms with van der Waals surface area (Å²) >= 11 is 1.73. The molecule has 1 amide bonds. The molecule has 4 nitrogen and oxygen atoms in total. The van der Waals surface area contributed by atoms with Crippen molar-refractivity contribution in [3.05, 3.63) is 22.4 Å². The van der Waals surface area contributed by atoms with Gasteiger partial charge >= 0.3 is 0 Å². The highest BCUT2D eigenvalue weighted by Gasteiger charge is 2.38. The highest BCUT2D eigenvalue weighted by Crippen LogP contribution is 2.28. The fourth-order valence-corrected chi connectivity index (χ4v) is 4.45. The van der Waals surface area contributed by atoms with Crippen LogP contribution in [0.4, 0.5) is 0 Å². The number of rotatable bonds is 5. The SMILES string of the molecule is CN(CC(=O)NC1CC(C)(C)NC(C)(C)C1)Cc1cccs1. The van der Waals surface area contributed by atoms with Gasteiger partial charge in [-0.25, -0.2) is 0 Å². The van der Waals surface area contributed by atoms with Crippen LogP contribution in [0.5, 0.6) is 0 Å². The molecule has 0 radical (unpaired) electrons. The van der Waals surface area contributed by atoms with Crippen LogP contribution in [0.2, 0.25) is 0 Å². The van der Waals surface area contributed by atoms with Crippen molar-refractivity contribution in [1.29, 1.82) is 0 Å². The molecule has 1 aromatic rings. The van der Waals surface area contributed by atoms with Crippen LogP contribution in [0, 0.1) is 0 Å². The third-order valence-electron chi connectivity index (χ3n) is 3.97. The molecule has 1 saturated heterocycles. The van der Waals surface area contributed by atoms with E-state index in [1.165, 1.54) is 4.88 Å². The second-order valence-electron chi connectivity index (χ2n) is 7.82. The van der Waals surface area contributed by atoms with Gasteiger partial charge in [0.1, 0.15) is 0 Å². The zero-order chi connectivity index (χ0) is 16.4. The molecule has 2 rings (SSSR count). The molecule has 2 heterocycles. The highest BCUT2D eigenvalue weighted by molar-refractivity contribution is 7.09. The number of hydrogen-bond acceptors (Lipinski definition) is 4. The number of piperidine rings is 1. The Morgan fingerprint density at radius 3 is 2.55 bits per heavy atom. The fourth-order valence-electron chi connectivity index (χ4n) is 3.67. The predicted octanol–water partition coefficient (Wildman–Crippen LogP) is 2.61. The molecule has 5 heteroatoms. The first-order valence-corrected chi connectivity index (χ1v) is 8.83. The van der Waals surface area contributed by atoms with E-state index in [9.17, 15) is 4.79 Å². The van der Waals surface area contributed by atoms with Gasteiger partial charge in [-0.15, -0.1) is 11.3 Å². The second kappa shape index (κ2) is 6.69. The normalized spacial score (nSPS) is 21.0. The quantitative estimate of drug-likeness (QED) is 0.875. The Labute approximate surface area is 138 Å². The maximum atomic E-state index is 12.3. The molecule has 2 N–H and O–H groups in total. The van der Waals surface area contributed by atoms with Crippen LogP contribution in [0.25, 0.3) is 0 Å². The standard InChI is InChI=1S/C17H29N3OS/c1-16(2)9-13(10-17(3,4)19-16)18-15(21)12-20(5)11-14-7-6-8-22-14/h6-8,13,19H,9-12H2,1-5H3,(H,18,21). The van der Waals surface area contributed by atoms with Crippen LogP contribution < -0.4 is 10.6 Å². The Morgan fingerprint density at radius 2 is 2.00 bits per heavy atom. The smallest absolute Gasteiger partial charge is 0.234 e. The molecule has 1 aliphatic heterocycles. The summed E-state index contributed by atoms with van der Waals surface area (Å²) in [5, 5.41) is 8.94. The van der Waals surface area contributed by atoms with Crippen molar-refractivity contribution in [3.8, 4) is 0 Å². The van der Waals surface area contributed by atoms with Crippen LogP contribution in [-0.4, -0.2) is 41.5 Å². The monoisotopic (exact) mass is 323 g/mol. The third-order valence-corrected chi connectivity index (χ3v) is 4.84. The average molecular weight is 324 g/mol. The molecule has 1 aromatic heterocycles. The van der Waals surface area contributed by atoms with Crippen molar-refractivity contribution >= 4 is 17.2 Å². The number of likely N-dealkylation sites (N-methyl/N-ethyl adjacent to an activating group) is 1. The van der Waals surface area contributed by atoms with E-state index in [1.54, 1.807) is 11.3 Å².